The van der Waals surface area contributed by atoms with Crippen LogP contribution in [0.3, 0.4) is 0 Å². The minimum atomic E-state index is -3.77. The minimum absolute atomic E-state index is 0.00208. The highest BCUT2D eigenvalue weighted by atomic mass is 32.2. The van der Waals surface area contributed by atoms with E-state index >= 15 is 0 Å². The Morgan fingerprint density at radius 2 is 1.92 bits per heavy atom. The van der Waals surface area contributed by atoms with Gasteiger partial charge in [-0.1, -0.05) is 6.07 Å². The Morgan fingerprint density at radius 3 is 2.54 bits per heavy atom. The molecule has 0 aliphatic carbocycles. The van der Waals surface area contributed by atoms with Crippen molar-refractivity contribution in [2.45, 2.75) is 43.5 Å². The van der Waals surface area contributed by atoms with Crippen LogP contribution < -0.4 is 0 Å². The van der Waals surface area contributed by atoms with E-state index in [4.69, 9.17) is 14.2 Å². The van der Waals surface area contributed by atoms with Gasteiger partial charge in [0.2, 0.25) is 16.1 Å². The van der Waals surface area contributed by atoms with Crippen molar-refractivity contribution in [2.75, 3.05) is 19.7 Å². The first-order valence-electron chi connectivity index (χ1n) is 8.40. The van der Waals surface area contributed by atoms with Gasteiger partial charge >= 0.3 is 11.9 Å². The third-order valence-electron chi connectivity index (χ3n) is 4.23. The van der Waals surface area contributed by atoms with Crippen LogP contribution in [-0.4, -0.2) is 62.7 Å². The molecule has 2 fully saturated rings. The maximum Gasteiger partial charge on any atom is 0.347 e. The van der Waals surface area contributed by atoms with Crippen LogP contribution in [0, 0.1) is 0 Å². The normalized spacial score (nSPS) is 27.2. The van der Waals surface area contributed by atoms with Crippen LogP contribution in [0.4, 0.5) is 0 Å². The second-order valence-corrected chi connectivity index (χ2v) is 8.40. The zero-order valence-corrected chi connectivity index (χ0v) is 15.4. The molecule has 0 unspecified atom stereocenters. The van der Waals surface area contributed by atoms with Gasteiger partial charge in [-0.25, -0.2) is 18.0 Å². The number of hydrogen-bond donors (Lipinski definition) is 0. The van der Waals surface area contributed by atoms with E-state index in [2.05, 4.69) is 0 Å². The van der Waals surface area contributed by atoms with Gasteiger partial charge in [-0.3, -0.25) is 0 Å². The zero-order valence-electron chi connectivity index (χ0n) is 14.6. The van der Waals surface area contributed by atoms with Crippen molar-refractivity contribution in [3.8, 4) is 0 Å². The highest BCUT2D eigenvalue weighted by Crippen LogP contribution is 2.22. The molecule has 2 aliphatic rings. The Hall–Kier alpha value is -1.97. The van der Waals surface area contributed by atoms with Gasteiger partial charge in [-0.05, 0) is 32.0 Å². The summed E-state index contributed by atoms with van der Waals surface area (Å²) in [4.78, 5) is 23.7. The van der Waals surface area contributed by atoms with E-state index in [0.717, 1.165) is 0 Å². The molecule has 2 aliphatic heterocycles. The van der Waals surface area contributed by atoms with Crippen LogP contribution in [0.2, 0.25) is 0 Å². The predicted molar refractivity (Wildman–Crippen MR) is 90.0 cm³/mol. The number of cyclic esters (lactones) is 1. The molecule has 3 rings (SSSR count). The number of hydrogen-bond acceptors (Lipinski definition) is 7. The fourth-order valence-electron chi connectivity index (χ4n) is 3.04. The lowest BCUT2D eigenvalue weighted by Gasteiger charge is -2.34. The highest BCUT2D eigenvalue weighted by molar-refractivity contribution is 7.89. The van der Waals surface area contributed by atoms with E-state index in [-0.39, 0.29) is 42.4 Å². The molecule has 0 saturated carbocycles. The molecule has 9 heteroatoms. The van der Waals surface area contributed by atoms with E-state index in [9.17, 15) is 18.0 Å². The summed E-state index contributed by atoms with van der Waals surface area (Å²) < 4.78 is 42.6. The molecule has 0 spiro atoms. The maximum atomic E-state index is 12.9. The van der Waals surface area contributed by atoms with Gasteiger partial charge in [0.05, 0.1) is 29.3 Å². The van der Waals surface area contributed by atoms with Crippen molar-refractivity contribution in [3.05, 3.63) is 29.8 Å². The van der Waals surface area contributed by atoms with Crippen LogP contribution >= 0.6 is 0 Å². The molecule has 26 heavy (non-hydrogen) atoms. The smallest absolute Gasteiger partial charge is 0.347 e. The van der Waals surface area contributed by atoms with Crippen molar-refractivity contribution in [1.82, 2.24) is 4.31 Å². The van der Waals surface area contributed by atoms with E-state index in [1.165, 1.54) is 28.6 Å². The van der Waals surface area contributed by atoms with Gasteiger partial charge in [0, 0.05) is 19.5 Å². The van der Waals surface area contributed by atoms with Crippen LogP contribution in [0.25, 0.3) is 0 Å². The Bertz CT molecular complexity index is 797. The molecular weight excluding hydrogens is 362 g/mol. The summed E-state index contributed by atoms with van der Waals surface area (Å²) in [6.45, 7) is 4.32. The fraction of sp³-hybridized carbons (Fsp3) is 0.529. The standard InChI is InChI=1S/C17H21NO7S/c1-11-9-18(10-12(2)24-11)26(21,22)14-5-3-4-13(8-14)16(19)25-15-6-7-23-17(15)20/h3-5,8,11-12,15H,6-7,9-10H2,1-2H3/t11-,12-,15-/m1/s1. The van der Waals surface area contributed by atoms with E-state index in [1.807, 2.05) is 13.8 Å². The largest absolute Gasteiger partial charge is 0.463 e. The van der Waals surface area contributed by atoms with Gasteiger partial charge < -0.3 is 14.2 Å². The molecule has 8 nitrogen and oxygen atoms in total. The van der Waals surface area contributed by atoms with Gasteiger partial charge in [0.25, 0.3) is 0 Å². The summed E-state index contributed by atoms with van der Waals surface area (Å²) in [5.74, 6) is -1.34. The summed E-state index contributed by atoms with van der Waals surface area (Å²) in [6.07, 6.45) is -1.07. The Morgan fingerprint density at radius 1 is 1.23 bits per heavy atom. The van der Waals surface area contributed by atoms with Crippen LogP contribution in [0.15, 0.2) is 29.2 Å². The van der Waals surface area contributed by atoms with E-state index < -0.39 is 28.1 Å². The first-order chi connectivity index (χ1) is 12.3. The number of ether oxygens (including phenoxy) is 3. The molecule has 2 heterocycles. The average molecular weight is 383 g/mol. The maximum absolute atomic E-state index is 12.9. The Kier molecular flexibility index (Phi) is 5.31. The lowest BCUT2D eigenvalue weighted by atomic mass is 10.2. The zero-order chi connectivity index (χ0) is 18.9. The first-order valence-corrected chi connectivity index (χ1v) is 9.84. The molecule has 0 aromatic heterocycles. The number of carbonyl (C=O) groups excluding carboxylic acids is 2. The molecule has 2 saturated heterocycles. The molecule has 142 valence electrons. The van der Waals surface area contributed by atoms with Crippen LogP contribution in [0.5, 0.6) is 0 Å². The van der Waals surface area contributed by atoms with Crippen molar-refractivity contribution in [1.29, 1.82) is 0 Å². The molecule has 0 N–H and O–H groups in total. The van der Waals surface area contributed by atoms with Gasteiger partial charge in [-0.2, -0.15) is 4.31 Å². The highest BCUT2D eigenvalue weighted by Gasteiger charge is 2.33. The second kappa shape index (κ2) is 7.34. The topological polar surface area (TPSA) is 99.2 Å². The minimum Gasteiger partial charge on any atom is -0.463 e. The number of esters is 2. The molecule has 0 amide bonds. The monoisotopic (exact) mass is 383 g/mol. The Labute approximate surface area is 152 Å². The lowest BCUT2D eigenvalue weighted by molar-refractivity contribution is -0.145. The van der Waals surface area contributed by atoms with Crippen LogP contribution in [-0.2, 0) is 29.0 Å². The summed E-state index contributed by atoms with van der Waals surface area (Å²) in [6, 6.07) is 5.62. The van der Waals surface area contributed by atoms with Crippen molar-refractivity contribution < 1.29 is 32.2 Å². The van der Waals surface area contributed by atoms with Crippen molar-refractivity contribution in [3.63, 3.8) is 0 Å². The van der Waals surface area contributed by atoms with Crippen LogP contribution in [0.1, 0.15) is 30.6 Å². The number of benzene rings is 1. The molecule has 0 bridgehead atoms. The van der Waals surface area contributed by atoms with Crippen molar-refractivity contribution >= 4 is 22.0 Å². The molecule has 1 aromatic rings. The third kappa shape index (κ3) is 3.89. The summed E-state index contributed by atoms with van der Waals surface area (Å²) in [7, 11) is -3.77. The SMILES string of the molecule is C[C@@H]1CN(S(=O)(=O)c2cccc(C(=O)O[C@@H]3CCOC3=O)c2)C[C@@H](C)O1. The molecule has 0 radical (unpaired) electrons. The third-order valence-corrected chi connectivity index (χ3v) is 6.06. The Balaban J connectivity index is 1.79. The quantitative estimate of drug-likeness (QED) is 0.714. The molecular formula is C17H21NO7S. The molecule has 3 atom stereocenters. The first kappa shape index (κ1) is 18.8. The predicted octanol–water partition coefficient (Wildman–Crippen LogP) is 0.957. The number of nitrogens with zero attached hydrogens (tertiary/aromatic N) is 1. The summed E-state index contributed by atoms with van der Waals surface area (Å²) in [5.41, 5.74) is 0.0696. The average Bonchev–Trinajstić information content (AvgIpc) is 2.99. The molecule has 1 aromatic carbocycles. The van der Waals surface area contributed by atoms with Gasteiger partial charge in [0.1, 0.15) is 0 Å². The van der Waals surface area contributed by atoms with E-state index in [1.54, 1.807) is 0 Å². The number of morpholine rings is 1. The summed E-state index contributed by atoms with van der Waals surface area (Å²) in [5, 5.41) is 0. The van der Waals surface area contributed by atoms with Crippen molar-refractivity contribution in [2.24, 2.45) is 0 Å². The number of sulfonamides is 1. The number of carbonyl (C=O) groups is 2. The van der Waals surface area contributed by atoms with Gasteiger partial charge in [0.15, 0.2) is 0 Å². The van der Waals surface area contributed by atoms with E-state index in [0.29, 0.717) is 6.42 Å². The fourth-order valence-corrected chi connectivity index (χ4v) is 4.68. The number of rotatable bonds is 4. The summed E-state index contributed by atoms with van der Waals surface area (Å²) >= 11 is 0. The second-order valence-electron chi connectivity index (χ2n) is 6.46. The van der Waals surface area contributed by atoms with Gasteiger partial charge in [-0.15, -0.1) is 0 Å². The lowest BCUT2D eigenvalue weighted by Crippen LogP contribution is -2.48.